The highest BCUT2D eigenvalue weighted by molar-refractivity contribution is 5.02. The Labute approximate surface area is 89.6 Å². The predicted octanol–water partition coefficient (Wildman–Crippen LogP) is 0.651. The molecule has 0 radical (unpaired) electrons. The number of nitrogens with zero attached hydrogens (tertiary/aromatic N) is 3. The summed E-state index contributed by atoms with van der Waals surface area (Å²) in [5.41, 5.74) is 5.63. The van der Waals surface area contributed by atoms with Crippen LogP contribution in [-0.4, -0.2) is 28.0 Å². The van der Waals surface area contributed by atoms with Gasteiger partial charge in [0.15, 0.2) is 0 Å². The van der Waals surface area contributed by atoms with Gasteiger partial charge in [0.05, 0.1) is 13.2 Å². The average molecular weight is 210 g/mol. The van der Waals surface area contributed by atoms with Crippen molar-refractivity contribution >= 4 is 0 Å². The zero-order valence-electron chi connectivity index (χ0n) is 9.15. The summed E-state index contributed by atoms with van der Waals surface area (Å²) >= 11 is 0. The Bertz CT molecular complexity index is 319. The number of nitrogens with two attached hydrogens (primary N) is 1. The van der Waals surface area contributed by atoms with E-state index in [0.717, 1.165) is 24.7 Å². The molecule has 1 aliphatic rings. The molecule has 0 unspecified atom stereocenters. The molecule has 0 saturated heterocycles. The third-order valence-corrected chi connectivity index (χ3v) is 2.61. The van der Waals surface area contributed by atoms with Crippen molar-refractivity contribution in [3.05, 3.63) is 11.6 Å². The molecule has 0 aromatic carbocycles. The first-order valence-electron chi connectivity index (χ1n) is 5.57. The molecule has 84 valence electrons. The summed E-state index contributed by atoms with van der Waals surface area (Å²) in [5.74, 6) is 1.93. The first kappa shape index (κ1) is 10.6. The zero-order valence-corrected chi connectivity index (χ0v) is 9.15. The van der Waals surface area contributed by atoms with Gasteiger partial charge in [0.25, 0.3) is 0 Å². The molecule has 1 fully saturated rings. The Balaban J connectivity index is 2.05. The summed E-state index contributed by atoms with van der Waals surface area (Å²) in [6.07, 6.45) is 3.29. The lowest BCUT2D eigenvalue weighted by atomic mass is 10.4. The maximum absolute atomic E-state index is 5.63. The lowest BCUT2D eigenvalue weighted by molar-refractivity contribution is 0.148. The van der Waals surface area contributed by atoms with E-state index in [4.69, 9.17) is 10.5 Å². The van der Waals surface area contributed by atoms with Crippen LogP contribution >= 0.6 is 0 Å². The van der Waals surface area contributed by atoms with Gasteiger partial charge in [-0.15, -0.1) is 10.2 Å². The molecular formula is C10H18N4O. The molecule has 2 N–H and O–H groups in total. The molecule has 5 heteroatoms. The molecule has 1 heterocycles. The maximum atomic E-state index is 5.63. The van der Waals surface area contributed by atoms with Gasteiger partial charge in [0, 0.05) is 19.1 Å². The van der Waals surface area contributed by atoms with Gasteiger partial charge in [-0.25, -0.2) is 0 Å². The molecule has 15 heavy (non-hydrogen) atoms. The molecule has 0 spiro atoms. The van der Waals surface area contributed by atoms with Gasteiger partial charge >= 0.3 is 0 Å². The second-order valence-corrected chi connectivity index (χ2v) is 3.78. The van der Waals surface area contributed by atoms with Gasteiger partial charge in [-0.05, 0) is 19.8 Å². The minimum Gasteiger partial charge on any atom is -0.381 e. The summed E-state index contributed by atoms with van der Waals surface area (Å²) in [5, 5.41) is 8.28. The van der Waals surface area contributed by atoms with Crippen LogP contribution in [0.25, 0.3) is 0 Å². The van der Waals surface area contributed by atoms with Crippen molar-refractivity contribution in [1.82, 2.24) is 14.8 Å². The summed E-state index contributed by atoms with van der Waals surface area (Å²) in [7, 11) is 0. The molecule has 1 aromatic rings. The molecule has 1 aliphatic carbocycles. The lowest BCUT2D eigenvalue weighted by Gasteiger charge is -2.07. The van der Waals surface area contributed by atoms with Crippen LogP contribution in [0.2, 0.25) is 0 Å². The fourth-order valence-corrected chi connectivity index (χ4v) is 1.73. The van der Waals surface area contributed by atoms with Crippen molar-refractivity contribution < 1.29 is 4.74 Å². The maximum Gasteiger partial charge on any atom is 0.147 e. The van der Waals surface area contributed by atoms with Crippen LogP contribution in [0, 0.1) is 0 Å². The summed E-state index contributed by atoms with van der Waals surface area (Å²) < 4.78 is 7.52. The SMILES string of the molecule is CCOCCc1nnc(CN)n1C1CC1. The average Bonchev–Trinajstić information content (AvgIpc) is 3.00. The Morgan fingerprint density at radius 2 is 2.13 bits per heavy atom. The fraction of sp³-hybridized carbons (Fsp3) is 0.800. The predicted molar refractivity (Wildman–Crippen MR) is 56.4 cm³/mol. The molecule has 1 saturated carbocycles. The molecule has 0 bridgehead atoms. The third-order valence-electron chi connectivity index (χ3n) is 2.61. The Morgan fingerprint density at radius 1 is 1.40 bits per heavy atom. The van der Waals surface area contributed by atoms with Gasteiger partial charge in [-0.3, -0.25) is 0 Å². The van der Waals surface area contributed by atoms with Crippen molar-refractivity contribution in [3.8, 4) is 0 Å². The van der Waals surface area contributed by atoms with E-state index < -0.39 is 0 Å². The van der Waals surface area contributed by atoms with E-state index in [-0.39, 0.29) is 0 Å². The van der Waals surface area contributed by atoms with Gasteiger partial charge in [-0.1, -0.05) is 0 Å². The first-order chi connectivity index (χ1) is 7.36. The highest BCUT2D eigenvalue weighted by Gasteiger charge is 2.28. The minimum atomic E-state index is 0.470. The number of hydrogen-bond acceptors (Lipinski definition) is 4. The summed E-state index contributed by atoms with van der Waals surface area (Å²) in [6.45, 7) is 3.93. The number of ether oxygens (including phenoxy) is 1. The molecular weight excluding hydrogens is 192 g/mol. The van der Waals surface area contributed by atoms with E-state index in [1.807, 2.05) is 6.92 Å². The van der Waals surface area contributed by atoms with Crippen molar-refractivity contribution in [2.45, 2.75) is 38.8 Å². The standard InChI is InChI=1S/C10H18N4O/c1-2-15-6-5-9-12-13-10(7-11)14(9)8-3-4-8/h8H,2-7,11H2,1H3. The summed E-state index contributed by atoms with van der Waals surface area (Å²) in [6, 6.07) is 0.593. The van der Waals surface area contributed by atoms with Crippen LogP contribution in [0.3, 0.4) is 0 Å². The first-order valence-corrected chi connectivity index (χ1v) is 5.57. The monoisotopic (exact) mass is 210 g/mol. The van der Waals surface area contributed by atoms with Crippen LogP contribution in [-0.2, 0) is 17.7 Å². The van der Waals surface area contributed by atoms with E-state index in [1.54, 1.807) is 0 Å². The van der Waals surface area contributed by atoms with Gasteiger partial charge in [0.1, 0.15) is 11.6 Å². The zero-order chi connectivity index (χ0) is 10.7. The van der Waals surface area contributed by atoms with E-state index in [2.05, 4.69) is 14.8 Å². The highest BCUT2D eigenvalue weighted by atomic mass is 16.5. The molecule has 5 nitrogen and oxygen atoms in total. The topological polar surface area (TPSA) is 66.0 Å². The third kappa shape index (κ3) is 2.35. The van der Waals surface area contributed by atoms with Crippen LogP contribution in [0.1, 0.15) is 37.5 Å². The van der Waals surface area contributed by atoms with Gasteiger partial charge in [0.2, 0.25) is 0 Å². The molecule has 0 atom stereocenters. The lowest BCUT2D eigenvalue weighted by Crippen LogP contribution is -2.11. The summed E-state index contributed by atoms with van der Waals surface area (Å²) in [4.78, 5) is 0. The largest absolute Gasteiger partial charge is 0.381 e. The molecule has 0 amide bonds. The second kappa shape index (κ2) is 4.72. The van der Waals surface area contributed by atoms with E-state index >= 15 is 0 Å². The van der Waals surface area contributed by atoms with Crippen molar-refractivity contribution in [3.63, 3.8) is 0 Å². The molecule has 1 aromatic heterocycles. The van der Waals surface area contributed by atoms with Crippen LogP contribution in [0.5, 0.6) is 0 Å². The van der Waals surface area contributed by atoms with Crippen molar-refractivity contribution in [1.29, 1.82) is 0 Å². The van der Waals surface area contributed by atoms with E-state index in [1.165, 1.54) is 12.8 Å². The smallest absolute Gasteiger partial charge is 0.147 e. The van der Waals surface area contributed by atoms with Crippen LogP contribution in [0.4, 0.5) is 0 Å². The Hall–Kier alpha value is -0.940. The van der Waals surface area contributed by atoms with E-state index in [0.29, 0.717) is 19.2 Å². The van der Waals surface area contributed by atoms with Crippen LogP contribution in [0.15, 0.2) is 0 Å². The number of aromatic nitrogens is 3. The van der Waals surface area contributed by atoms with Crippen molar-refractivity contribution in [2.75, 3.05) is 13.2 Å². The Morgan fingerprint density at radius 3 is 2.73 bits per heavy atom. The van der Waals surface area contributed by atoms with E-state index in [9.17, 15) is 0 Å². The minimum absolute atomic E-state index is 0.470. The second-order valence-electron chi connectivity index (χ2n) is 3.78. The highest BCUT2D eigenvalue weighted by Crippen LogP contribution is 2.36. The molecule has 2 rings (SSSR count). The van der Waals surface area contributed by atoms with Crippen LogP contribution < -0.4 is 5.73 Å². The van der Waals surface area contributed by atoms with Gasteiger partial charge in [-0.2, -0.15) is 0 Å². The Kier molecular flexibility index (Phi) is 3.33. The van der Waals surface area contributed by atoms with Gasteiger partial charge < -0.3 is 15.0 Å². The molecule has 0 aliphatic heterocycles. The normalized spacial score (nSPS) is 15.9. The number of rotatable bonds is 6. The quantitative estimate of drug-likeness (QED) is 0.700. The fourth-order valence-electron chi connectivity index (χ4n) is 1.73. The number of hydrogen-bond donors (Lipinski definition) is 1. The van der Waals surface area contributed by atoms with Crippen molar-refractivity contribution in [2.24, 2.45) is 5.73 Å².